The average molecular weight is 504 g/mol. The normalized spacial score (nSPS) is 14.1. The van der Waals surface area contributed by atoms with Gasteiger partial charge in [0.1, 0.15) is 21.3 Å². The number of aliphatic carboxylic acids is 1. The highest BCUT2D eigenvalue weighted by Gasteiger charge is 2.34. The predicted molar refractivity (Wildman–Crippen MR) is 131 cm³/mol. The fourth-order valence-electron chi connectivity index (χ4n) is 3.94. The molecule has 2 unspecified atom stereocenters. The zero-order valence-corrected chi connectivity index (χ0v) is 20.8. The van der Waals surface area contributed by atoms with Gasteiger partial charge in [-0.05, 0) is 17.9 Å². The second-order valence-electron chi connectivity index (χ2n) is 8.55. The minimum absolute atomic E-state index is 0.00206. The molecule has 2 atom stereocenters. The van der Waals surface area contributed by atoms with Gasteiger partial charge in [-0.3, -0.25) is 4.57 Å². The molecule has 0 saturated carbocycles. The molecular formula is C22H29N7O5S. The molecule has 0 aliphatic heterocycles. The molecule has 0 aliphatic rings. The van der Waals surface area contributed by atoms with Gasteiger partial charge in [-0.25, -0.2) is 32.9 Å². The maximum Gasteiger partial charge on any atom is 0.339 e. The number of aromatic nitrogens is 4. The van der Waals surface area contributed by atoms with Gasteiger partial charge in [-0.2, -0.15) is 4.98 Å². The number of hydrogen-bond acceptors (Lipinski definition) is 8. The summed E-state index contributed by atoms with van der Waals surface area (Å²) in [5, 5.41) is 9.31. The van der Waals surface area contributed by atoms with Crippen LogP contribution in [0.3, 0.4) is 0 Å². The summed E-state index contributed by atoms with van der Waals surface area (Å²) in [4.78, 5) is 48.0. The summed E-state index contributed by atoms with van der Waals surface area (Å²) in [7, 11) is -2.10. The average Bonchev–Trinajstić information content (AvgIpc) is 3.05. The minimum atomic E-state index is -3.39. The maximum absolute atomic E-state index is 13.5. The number of carboxylic acids is 1. The molecule has 188 valence electrons. The second kappa shape index (κ2) is 9.86. The van der Waals surface area contributed by atoms with Crippen molar-refractivity contribution in [2.75, 3.05) is 18.5 Å². The van der Waals surface area contributed by atoms with E-state index < -0.39 is 39.4 Å². The quantitative estimate of drug-likeness (QED) is 0.391. The molecule has 3 aromatic rings. The van der Waals surface area contributed by atoms with E-state index in [0.29, 0.717) is 6.42 Å². The number of rotatable bonds is 8. The molecule has 2 aromatic heterocycles. The first-order valence-electron chi connectivity index (χ1n) is 11.0. The Morgan fingerprint density at radius 3 is 2.40 bits per heavy atom. The number of carbonyl (C=O) groups is 2. The number of amides is 1. The number of likely N-dealkylation sites (N-methyl/N-ethyl adjacent to an activating group) is 1. The van der Waals surface area contributed by atoms with E-state index in [-0.39, 0.29) is 34.4 Å². The van der Waals surface area contributed by atoms with Crippen LogP contribution in [-0.2, 0) is 21.1 Å². The predicted octanol–water partition coefficient (Wildman–Crippen LogP) is 2.05. The number of hydrogen-bond donors (Lipinski definition) is 3. The molecule has 1 aromatic carbocycles. The molecule has 0 saturated heterocycles. The van der Waals surface area contributed by atoms with Gasteiger partial charge in [-0.15, -0.1) is 0 Å². The first-order chi connectivity index (χ1) is 16.4. The number of nitrogen functional groups attached to an aromatic ring is 1. The Morgan fingerprint density at radius 1 is 1.23 bits per heavy atom. The number of nitrogens with two attached hydrogens (primary N) is 1. The van der Waals surface area contributed by atoms with Crippen LogP contribution < -0.4 is 11.4 Å². The molecule has 0 bridgehead atoms. The van der Waals surface area contributed by atoms with Gasteiger partial charge in [0.05, 0.1) is 6.54 Å². The molecule has 0 radical (unpaired) electrons. The number of anilines is 1. The lowest BCUT2D eigenvalue weighted by Gasteiger charge is -2.27. The van der Waals surface area contributed by atoms with Gasteiger partial charge in [0.25, 0.3) is 0 Å². The van der Waals surface area contributed by atoms with Crippen molar-refractivity contribution < 1.29 is 18.9 Å². The first kappa shape index (κ1) is 25.9. The Balaban J connectivity index is 2.31. The molecule has 0 aliphatic carbocycles. The molecule has 0 fully saturated rings. The number of benzene rings is 1. The van der Waals surface area contributed by atoms with E-state index in [0.717, 1.165) is 15.0 Å². The zero-order valence-electron chi connectivity index (χ0n) is 20.0. The Labute approximate surface area is 202 Å². The van der Waals surface area contributed by atoms with E-state index in [9.17, 15) is 23.7 Å². The van der Waals surface area contributed by atoms with E-state index in [1.807, 2.05) is 6.07 Å². The van der Waals surface area contributed by atoms with Crippen molar-refractivity contribution in [1.82, 2.24) is 24.0 Å². The third-order valence-corrected chi connectivity index (χ3v) is 7.29. The lowest BCUT2D eigenvalue weighted by Crippen LogP contribution is -2.49. The summed E-state index contributed by atoms with van der Waals surface area (Å²) in [5.41, 5.74) is 5.86. The lowest BCUT2D eigenvalue weighted by atomic mass is 10.0. The smallest absolute Gasteiger partial charge is 0.339 e. The monoisotopic (exact) mass is 503 g/mol. The number of nitrogens with zero attached hydrogens (tertiary/aromatic N) is 5. The molecule has 4 N–H and O–H groups in total. The van der Waals surface area contributed by atoms with Crippen LogP contribution in [0.2, 0.25) is 0 Å². The second-order valence-corrected chi connectivity index (χ2v) is 10.7. The molecule has 1 amide bonds. The number of imidazole rings is 1. The van der Waals surface area contributed by atoms with Crippen LogP contribution in [0.5, 0.6) is 0 Å². The minimum Gasteiger partial charge on any atom is -0.480 e. The topological polar surface area (TPSA) is 177 Å². The molecule has 2 heterocycles. The number of carbonyl (C=O) groups excluding carboxylic acids is 1. The molecule has 12 nitrogen and oxygen atoms in total. The molecule has 35 heavy (non-hydrogen) atoms. The van der Waals surface area contributed by atoms with Gasteiger partial charge >= 0.3 is 17.7 Å². The van der Waals surface area contributed by atoms with E-state index in [1.54, 1.807) is 45.0 Å². The van der Waals surface area contributed by atoms with Crippen molar-refractivity contribution in [3.05, 3.63) is 46.4 Å². The summed E-state index contributed by atoms with van der Waals surface area (Å²) < 4.78 is 23.0. The van der Waals surface area contributed by atoms with Crippen molar-refractivity contribution in [3.63, 3.8) is 0 Å². The fraction of sp³-hybridized carbons (Fsp3) is 0.409. The van der Waals surface area contributed by atoms with Gasteiger partial charge < -0.3 is 15.7 Å². The highest BCUT2D eigenvalue weighted by atomic mass is 32.2. The fourth-order valence-corrected chi connectivity index (χ4v) is 5.17. The lowest BCUT2D eigenvalue weighted by molar-refractivity contribution is -0.143. The number of fused-ring (bicyclic) bond motifs is 1. The zero-order chi connectivity index (χ0) is 26.1. The van der Waals surface area contributed by atoms with E-state index in [2.05, 4.69) is 9.97 Å². The van der Waals surface area contributed by atoms with E-state index >= 15 is 0 Å². The summed E-state index contributed by atoms with van der Waals surface area (Å²) in [5.74, 6) is -1.98. The van der Waals surface area contributed by atoms with Gasteiger partial charge in [0.2, 0.25) is 5.16 Å². The van der Waals surface area contributed by atoms with Gasteiger partial charge in [0, 0.05) is 12.8 Å². The van der Waals surface area contributed by atoms with Crippen molar-refractivity contribution in [3.8, 4) is 0 Å². The standard InChI is InChI=1S/C22H29N7O5S/c1-5-11-35(24,34)20-25-17(23)16-18(26-20)28(12-14-9-7-6-8-10-14)22(33)29(16)21(32)27(4)15(13(2)3)19(30)31/h6-10,13,15,24H,5,11-12H2,1-4H3,(H,30,31)(H2,23,25,26). The van der Waals surface area contributed by atoms with Crippen molar-refractivity contribution >= 4 is 38.7 Å². The number of carboxylic acid groups (broad SMARTS) is 1. The summed E-state index contributed by atoms with van der Waals surface area (Å²) in [6.07, 6.45) is 0.441. The number of nitrogens with one attached hydrogen (secondary N) is 1. The summed E-state index contributed by atoms with van der Waals surface area (Å²) in [6, 6.07) is 6.80. The molecule has 0 spiro atoms. The largest absolute Gasteiger partial charge is 0.480 e. The molecule has 13 heteroatoms. The van der Waals surface area contributed by atoms with Crippen LogP contribution in [-0.4, -0.2) is 64.2 Å². The third kappa shape index (κ3) is 4.90. The Kier molecular flexibility index (Phi) is 7.29. The van der Waals surface area contributed by atoms with Gasteiger partial charge in [-0.1, -0.05) is 51.1 Å². The van der Waals surface area contributed by atoms with Crippen LogP contribution >= 0.6 is 0 Å². The van der Waals surface area contributed by atoms with Crippen LogP contribution in [0.4, 0.5) is 10.6 Å². The van der Waals surface area contributed by atoms with Crippen LogP contribution in [0.15, 0.2) is 40.3 Å². The van der Waals surface area contributed by atoms with Crippen LogP contribution in [0.1, 0.15) is 32.8 Å². The Bertz CT molecular complexity index is 1430. The van der Waals surface area contributed by atoms with E-state index in [1.165, 1.54) is 11.6 Å². The summed E-state index contributed by atoms with van der Waals surface area (Å²) >= 11 is 0. The molecular weight excluding hydrogens is 474 g/mol. The summed E-state index contributed by atoms with van der Waals surface area (Å²) in [6.45, 7) is 5.06. The van der Waals surface area contributed by atoms with Crippen molar-refractivity contribution in [1.29, 1.82) is 4.78 Å². The maximum atomic E-state index is 13.5. The molecule has 3 rings (SSSR count). The van der Waals surface area contributed by atoms with Crippen molar-refractivity contribution in [2.24, 2.45) is 5.92 Å². The van der Waals surface area contributed by atoms with Crippen LogP contribution in [0.25, 0.3) is 11.2 Å². The van der Waals surface area contributed by atoms with Crippen LogP contribution in [0, 0.1) is 10.7 Å². The highest BCUT2D eigenvalue weighted by molar-refractivity contribution is 7.92. The van der Waals surface area contributed by atoms with E-state index in [4.69, 9.17) is 10.5 Å². The van der Waals surface area contributed by atoms with Crippen molar-refractivity contribution in [2.45, 2.75) is 44.9 Å². The first-order valence-corrected chi connectivity index (χ1v) is 12.7. The van der Waals surface area contributed by atoms with Gasteiger partial charge in [0.15, 0.2) is 11.5 Å². The Hall–Kier alpha value is -3.74. The SMILES string of the molecule is CCCS(=N)(=O)c1nc(N)c2c(n1)n(Cc1ccccc1)c(=O)n2C(=O)N(C)C(C(=O)O)C(C)C. The third-order valence-electron chi connectivity index (χ3n) is 5.54. The Morgan fingerprint density at radius 2 is 1.86 bits per heavy atom. The highest BCUT2D eigenvalue weighted by Crippen LogP contribution is 2.23.